The monoisotopic (exact) mass is 340 g/mol. The molecule has 3 nitrogen and oxygen atoms in total. The molecule has 1 saturated heterocycles. The lowest BCUT2D eigenvalue weighted by Gasteiger charge is -2.39. The third-order valence-electron chi connectivity index (χ3n) is 4.71. The van der Waals surface area contributed by atoms with E-state index in [4.69, 9.17) is 5.11 Å². The molecule has 1 atom stereocenters. The second-order valence-electron chi connectivity index (χ2n) is 6.36. The minimum absolute atomic E-state index is 0.0978. The number of aliphatic hydroxyl groups is 1. The van der Waals surface area contributed by atoms with Crippen molar-refractivity contribution in [1.29, 1.82) is 0 Å². The van der Waals surface area contributed by atoms with Gasteiger partial charge in [0.05, 0.1) is 12.6 Å². The van der Waals surface area contributed by atoms with E-state index in [0.29, 0.717) is 0 Å². The average Bonchev–Trinajstić information content (AvgIpc) is 2.66. The Balaban J connectivity index is 1.75. The average molecular weight is 340 g/mol. The van der Waals surface area contributed by atoms with Crippen LogP contribution in [0.5, 0.6) is 0 Å². The molecule has 3 rings (SSSR count). The Bertz CT molecular complexity index is 664. The lowest BCUT2D eigenvalue weighted by atomic mass is 9.96. The molecule has 0 saturated carbocycles. The number of hydrogen-bond acceptors (Lipinski definition) is 3. The number of aliphatic hydroxyl groups excluding tert-OH is 1. The van der Waals surface area contributed by atoms with E-state index in [1.807, 2.05) is 24.3 Å². The topological polar surface area (TPSA) is 26.7 Å². The standard InChI is InChI=1S/C21H25FN2O/c22-20-10-8-19(9-11-20)21(18-6-2-1-3-7-18)24-15-13-23(14-16-24)12-4-5-17-25/h1-11,21,25H,12-17H2/b5-4+/t21-/m1/s1. The summed E-state index contributed by atoms with van der Waals surface area (Å²) in [4.78, 5) is 4.85. The molecular formula is C21H25FN2O. The summed E-state index contributed by atoms with van der Waals surface area (Å²) in [7, 11) is 0. The lowest BCUT2D eigenvalue weighted by molar-refractivity contribution is 0.117. The zero-order valence-electron chi connectivity index (χ0n) is 14.4. The van der Waals surface area contributed by atoms with Gasteiger partial charge in [-0.1, -0.05) is 54.6 Å². The predicted molar refractivity (Wildman–Crippen MR) is 98.9 cm³/mol. The molecule has 0 unspecified atom stereocenters. The van der Waals surface area contributed by atoms with E-state index < -0.39 is 0 Å². The third kappa shape index (κ3) is 4.75. The Kier molecular flexibility index (Phi) is 6.34. The van der Waals surface area contributed by atoms with Gasteiger partial charge in [0.2, 0.25) is 0 Å². The molecule has 2 aromatic rings. The van der Waals surface area contributed by atoms with Crippen molar-refractivity contribution < 1.29 is 9.50 Å². The molecule has 0 aromatic heterocycles. The van der Waals surface area contributed by atoms with E-state index in [-0.39, 0.29) is 18.5 Å². The number of benzene rings is 2. The van der Waals surface area contributed by atoms with Crippen LogP contribution in [-0.2, 0) is 0 Å². The molecule has 1 aliphatic heterocycles. The van der Waals surface area contributed by atoms with Gasteiger partial charge in [-0.3, -0.25) is 9.80 Å². The van der Waals surface area contributed by atoms with E-state index in [9.17, 15) is 4.39 Å². The van der Waals surface area contributed by atoms with Gasteiger partial charge < -0.3 is 5.11 Å². The molecule has 0 radical (unpaired) electrons. The van der Waals surface area contributed by atoms with Crippen LogP contribution in [0.1, 0.15) is 17.2 Å². The largest absolute Gasteiger partial charge is 0.392 e. The van der Waals surface area contributed by atoms with Crippen molar-refractivity contribution in [3.63, 3.8) is 0 Å². The summed E-state index contributed by atoms with van der Waals surface area (Å²) in [5.74, 6) is -0.198. The molecular weight excluding hydrogens is 315 g/mol. The van der Waals surface area contributed by atoms with Gasteiger partial charge >= 0.3 is 0 Å². The molecule has 1 aliphatic rings. The summed E-state index contributed by atoms with van der Waals surface area (Å²) in [6, 6.07) is 17.4. The van der Waals surface area contributed by atoms with Gasteiger partial charge in [-0.15, -0.1) is 0 Å². The van der Waals surface area contributed by atoms with Crippen LogP contribution in [0.25, 0.3) is 0 Å². The number of rotatable bonds is 6. The van der Waals surface area contributed by atoms with Crippen LogP contribution in [0, 0.1) is 5.82 Å². The van der Waals surface area contributed by atoms with Gasteiger partial charge in [0.1, 0.15) is 5.82 Å². The summed E-state index contributed by atoms with van der Waals surface area (Å²) in [6.07, 6.45) is 3.81. The summed E-state index contributed by atoms with van der Waals surface area (Å²) >= 11 is 0. The fraction of sp³-hybridized carbons (Fsp3) is 0.333. The van der Waals surface area contributed by atoms with E-state index in [1.54, 1.807) is 18.2 Å². The molecule has 1 heterocycles. The summed E-state index contributed by atoms with van der Waals surface area (Å²) < 4.78 is 13.3. The smallest absolute Gasteiger partial charge is 0.123 e. The number of hydrogen-bond donors (Lipinski definition) is 1. The van der Waals surface area contributed by atoms with Crippen molar-refractivity contribution in [3.05, 3.63) is 83.7 Å². The maximum absolute atomic E-state index is 13.3. The Morgan fingerprint density at radius 2 is 1.52 bits per heavy atom. The molecule has 0 bridgehead atoms. The van der Waals surface area contributed by atoms with Crippen LogP contribution in [0.4, 0.5) is 4.39 Å². The van der Waals surface area contributed by atoms with E-state index in [1.165, 1.54) is 5.56 Å². The van der Waals surface area contributed by atoms with Crippen LogP contribution < -0.4 is 0 Å². The first-order valence-corrected chi connectivity index (χ1v) is 8.80. The first-order valence-electron chi connectivity index (χ1n) is 8.80. The molecule has 0 spiro atoms. The fourth-order valence-corrected chi connectivity index (χ4v) is 3.40. The minimum atomic E-state index is -0.198. The lowest BCUT2D eigenvalue weighted by Crippen LogP contribution is -2.47. The minimum Gasteiger partial charge on any atom is -0.392 e. The van der Waals surface area contributed by atoms with Crippen molar-refractivity contribution in [2.45, 2.75) is 6.04 Å². The quantitative estimate of drug-likeness (QED) is 0.819. The Morgan fingerprint density at radius 3 is 2.16 bits per heavy atom. The zero-order valence-corrected chi connectivity index (χ0v) is 14.4. The maximum atomic E-state index is 13.3. The molecule has 1 fully saturated rings. The number of nitrogens with zero attached hydrogens (tertiary/aromatic N) is 2. The predicted octanol–water partition coefficient (Wildman–Crippen LogP) is 3.08. The first-order chi connectivity index (χ1) is 12.3. The third-order valence-corrected chi connectivity index (χ3v) is 4.71. The van der Waals surface area contributed by atoms with Gasteiger partial charge in [0, 0.05) is 32.7 Å². The van der Waals surface area contributed by atoms with Gasteiger partial charge in [-0.25, -0.2) is 4.39 Å². The second kappa shape index (κ2) is 8.90. The number of halogens is 1. The molecule has 2 aromatic carbocycles. The molecule has 1 N–H and O–H groups in total. The highest BCUT2D eigenvalue weighted by atomic mass is 19.1. The Hall–Kier alpha value is -2.01. The highest BCUT2D eigenvalue weighted by molar-refractivity contribution is 5.32. The summed E-state index contributed by atoms with van der Waals surface area (Å²) in [6.45, 7) is 4.87. The van der Waals surface area contributed by atoms with E-state index in [0.717, 1.165) is 38.3 Å². The van der Waals surface area contributed by atoms with Crippen molar-refractivity contribution in [1.82, 2.24) is 9.80 Å². The van der Waals surface area contributed by atoms with Crippen LogP contribution in [-0.4, -0.2) is 54.2 Å². The Morgan fingerprint density at radius 1 is 0.880 bits per heavy atom. The van der Waals surface area contributed by atoms with Gasteiger partial charge in [-0.2, -0.15) is 0 Å². The molecule has 132 valence electrons. The first kappa shape index (κ1) is 17.8. The second-order valence-corrected chi connectivity index (χ2v) is 6.36. The number of piperazine rings is 1. The molecule has 0 aliphatic carbocycles. The zero-order chi connectivity index (χ0) is 17.5. The van der Waals surface area contributed by atoms with Gasteiger partial charge in [-0.05, 0) is 23.3 Å². The summed E-state index contributed by atoms with van der Waals surface area (Å²) in [5, 5.41) is 8.84. The van der Waals surface area contributed by atoms with E-state index in [2.05, 4.69) is 34.1 Å². The highest BCUT2D eigenvalue weighted by Gasteiger charge is 2.25. The molecule has 0 amide bonds. The van der Waals surface area contributed by atoms with Gasteiger partial charge in [0.25, 0.3) is 0 Å². The normalized spacial score (nSPS) is 17.8. The SMILES string of the molecule is OC/C=C/CN1CCN([C@H](c2ccccc2)c2ccc(F)cc2)CC1. The van der Waals surface area contributed by atoms with Crippen molar-refractivity contribution in [3.8, 4) is 0 Å². The maximum Gasteiger partial charge on any atom is 0.123 e. The van der Waals surface area contributed by atoms with E-state index >= 15 is 0 Å². The van der Waals surface area contributed by atoms with Crippen molar-refractivity contribution in [2.75, 3.05) is 39.3 Å². The molecule has 25 heavy (non-hydrogen) atoms. The highest BCUT2D eigenvalue weighted by Crippen LogP contribution is 2.29. The van der Waals surface area contributed by atoms with Crippen molar-refractivity contribution in [2.24, 2.45) is 0 Å². The van der Waals surface area contributed by atoms with Crippen LogP contribution >= 0.6 is 0 Å². The van der Waals surface area contributed by atoms with Crippen LogP contribution in [0.2, 0.25) is 0 Å². The van der Waals surface area contributed by atoms with Crippen LogP contribution in [0.15, 0.2) is 66.7 Å². The van der Waals surface area contributed by atoms with Crippen LogP contribution in [0.3, 0.4) is 0 Å². The Labute approximate surface area is 149 Å². The summed E-state index contributed by atoms with van der Waals surface area (Å²) in [5.41, 5.74) is 2.36. The fourth-order valence-electron chi connectivity index (χ4n) is 3.40. The molecule has 4 heteroatoms. The van der Waals surface area contributed by atoms with Gasteiger partial charge in [0.15, 0.2) is 0 Å². The van der Waals surface area contributed by atoms with Crippen molar-refractivity contribution >= 4 is 0 Å².